The molecule has 0 aliphatic heterocycles. The van der Waals surface area contributed by atoms with Gasteiger partial charge in [0.2, 0.25) is 5.91 Å². The molecule has 2 rings (SSSR count). The number of para-hydroxylation sites is 1. The number of amides is 3. The van der Waals surface area contributed by atoms with Gasteiger partial charge in [-0.2, -0.15) is 0 Å². The van der Waals surface area contributed by atoms with Crippen molar-refractivity contribution in [1.82, 2.24) is 14.4 Å². The second-order valence-electron chi connectivity index (χ2n) is 7.39. The predicted octanol–water partition coefficient (Wildman–Crippen LogP) is 3.25. The quantitative estimate of drug-likeness (QED) is 0.703. The van der Waals surface area contributed by atoms with Crippen LogP contribution in [-0.2, 0) is 23.1 Å². The first-order chi connectivity index (χ1) is 13.8. The molecule has 7 heteroatoms. The Morgan fingerprint density at radius 1 is 1.17 bits per heavy atom. The second kappa shape index (κ2) is 10.7. The van der Waals surface area contributed by atoms with Crippen LogP contribution in [0, 0.1) is 6.92 Å². The van der Waals surface area contributed by atoms with Crippen LogP contribution in [0.15, 0.2) is 42.6 Å². The van der Waals surface area contributed by atoms with Crippen molar-refractivity contribution in [2.75, 3.05) is 32.1 Å². The number of ether oxygens (including phenoxy) is 1. The smallest absolute Gasteiger partial charge is 0.322 e. The predicted molar refractivity (Wildman–Crippen MR) is 115 cm³/mol. The third-order valence-corrected chi connectivity index (χ3v) is 4.90. The Morgan fingerprint density at radius 3 is 2.48 bits per heavy atom. The Morgan fingerprint density at radius 2 is 1.90 bits per heavy atom. The largest absolute Gasteiger partial charge is 0.383 e. The SMILES string of the molecule is COCCN(Cc1cccn1C)C(=O)CN(C(=O)Nc1ccccc1C)C(C)C. The van der Waals surface area contributed by atoms with Gasteiger partial charge in [-0.15, -0.1) is 0 Å². The number of hydrogen-bond acceptors (Lipinski definition) is 3. The van der Waals surface area contributed by atoms with E-state index in [4.69, 9.17) is 4.74 Å². The Labute approximate surface area is 173 Å². The average Bonchev–Trinajstić information content (AvgIpc) is 3.08. The van der Waals surface area contributed by atoms with Gasteiger partial charge >= 0.3 is 6.03 Å². The minimum atomic E-state index is -0.284. The first-order valence-electron chi connectivity index (χ1n) is 9.83. The van der Waals surface area contributed by atoms with Crippen LogP contribution in [0.25, 0.3) is 0 Å². The number of hydrogen-bond donors (Lipinski definition) is 1. The number of urea groups is 1. The molecule has 0 aliphatic carbocycles. The van der Waals surface area contributed by atoms with E-state index in [1.54, 1.807) is 16.9 Å². The van der Waals surface area contributed by atoms with Gasteiger partial charge in [-0.05, 0) is 44.5 Å². The number of anilines is 1. The van der Waals surface area contributed by atoms with Crippen molar-refractivity contribution in [1.29, 1.82) is 0 Å². The first-order valence-corrected chi connectivity index (χ1v) is 9.83. The van der Waals surface area contributed by atoms with Crippen molar-refractivity contribution in [3.8, 4) is 0 Å². The van der Waals surface area contributed by atoms with Crippen LogP contribution < -0.4 is 5.32 Å². The lowest BCUT2D eigenvalue weighted by molar-refractivity contribution is -0.133. The highest BCUT2D eigenvalue weighted by molar-refractivity contribution is 5.93. The number of carbonyl (C=O) groups excluding carboxylic acids is 2. The zero-order valence-corrected chi connectivity index (χ0v) is 18.0. The fraction of sp³-hybridized carbons (Fsp3) is 0.455. The molecule has 1 aromatic carbocycles. The van der Waals surface area contributed by atoms with Gasteiger partial charge in [-0.25, -0.2) is 4.79 Å². The molecule has 158 valence electrons. The number of aryl methyl sites for hydroxylation is 2. The van der Waals surface area contributed by atoms with Crippen LogP contribution in [-0.4, -0.2) is 59.2 Å². The molecule has 7 nitrogen and oxygen atoms in total. The third-order valence-electron chi connectivity index (χ3n) is 4.90. The van der Waals surface area contributed by atoms with Gasteiger partial charge in [0.15, 0.2) is 0 Å². The van der Waals surface area contributed by atoms with E-state index < -0.39 is 0 Å². The van der Waals surface area contributed by atoms with E-state index in [1.807, 2.05) is 75.0 Å². The molecule has 0 radical (unpaired) electrons. The molecule has 0 atom stereocenters. The monoisotopic (exact) mass is 400 g/mol. The number of aromatic nitrogens is 1. The highest BCUT2D eigenvalue weighted by Gasteiger charge is 2.24. The summed E-state index contributed by atoms with van der Waals surface area (Å²) in [5.74, 6) is -0.114. The first kappa shape index (κ1) is 22.5. The molecule has 1 heterocycles. The normalized spacial score (nSPS) is 10.8. The summed E-state index contributed by atoms with van der Waals surface area (Å²) in [7, 11) is 3.56. The van der Waals surface area contributed by atoms with Crippen LogP contribution in [0.1, 0.15) is 25.1 Å². The summed E-state index contributed by atoms with van der Waals surface area (Å²) in [6, 6.07) is 11.1. The van der Waals surface area contributed by atoms with Gasteiger partial charge in [0.25, 0.3) is 0 Å². The molecule has 0 fully saturated rings. The van der Waals surface area contributed by atoms with E-state index in [2.05, 4.69) is 5.32 Å². The van der Waals surface area contributed by atoms with Gasteiger partial charge in [0.05, 0.1) is 13.2 Å². The summed E-state index contributed by atoms with van der Waals surface area (Å²) in [6.45, 7) is 7.12. The zero-order valence-electron chi connectivity index (χ0n) is 18.0. The standard InChI is InChI=1S/C22H32N4O3/c1-17(2)26(22(28)23-20-11-7-6-9-18(20)3)16-21(27)25(13-14-29-5)15-19-10-8-12-24(19)4/h6-12,17H,13-16H2,1-5H3,(H,23,28). The van der Waals surface area contributed by atoms with E-state index in [1.165, 1.54) is 0 Å². The molecule has 2 aromatic rings. The van der Waals surface area contributed by atoms with Crippen molar-refractivity contribution in [2.45, 2.75) is 33.4 Å². The maximum absolute atomic E-state index is 13.1. The lowest BCUT2D eigenvalue weighted by Gasteiger charge is -2.30. The number of nitrogens with zero attached hydrogens (tertiary/aromatic N) is 3. The minimum absolute atomic E-state index is 0.00349. The number of carbonyl (C=O) groups is 2. The number of benzene rings is 1. The molecule has 0 saturated carbocycles. The molecule has 29 heavy (non-hydrogen) atoms. The highest BCUT2D eigenvalue weighted by Crippen LogP contribution is 2.15. The summed E-state index contributed by atoms with van der Waals surface area (Å²) in [5, 5.41) is 2.92. The molecule has 0 saturated heterocycles. The molecule has 1 N–H and O–H groups in total. The van der Waals surface area contributed by atoms with Crippen LogP contribution >= 0.6 is 0 Å². The topological polar surface area (TPSA) is 66.8 Å². The Bertz CT molecular complexity index is 816. The lowest BCUT2D eigenvalue weighted by atomic mass is 10.2. The second-order valence-corrected chi connectivity index (χ2v) is 7.39. The van der Waals surface area contributed by atoms with Gasteiger partial charge in [-0.3, -0.25) is 4.79 Å². The Kier molecular flexibility index (Phi) is 8.27. The van der Waals surface area contributed by atoms with Gasteiger partial charge < -0.3 is 24.4 Å². The lowest BCUT2D eigenvalue weighted by Crippen LogP contribution is -2.48. The zero-order chi connectivity index (χ0) is 21.4. The summed E-state index contributed by atoms with van der Waals surface area (Å²) in [4.78, 5) is 29.2. The average molecular weight is 401 g/mol. The van der Waals surface area contributed by atoms with Crippen LogP contribution in [0.3, 0.4) is 0 Å². The van der Waals surface area contributed by atoms with Crippen LogP contribution in [0.5, 0.6) is 0 Å². The van der Waals surface area contributed by atoms with Crippen molar-refractivity contribution < 1.29 is 14.3 Å². The van der Waals surface area contributed by atoms with Crippen LogP contribution in [0.4, 0.5) is 10.5 Å². The molecule has 0 unspecified atom stereocenters. The fourth-order valence-electron chi connectivity index (χ4n) is 2.98. The molecule has 0 spiro atoms. The molecule has 1 aromatic heterocycles. The molecule has 0 aliphatic rings. The van der Waals surface area contributed by atoms with Gasteiger partial charge in [-0.1, -0.05) is 18.2 Å². The summed E-state index contributed by atoms with van der Waals surface area (Å²) in [6.07, 6.45) is 1.95. The summed E-state index contributed by atoms with van der Waals surface area (Å²) >= 11 is 0. The van der Waals surface area contributed by atoms with E-state index in [0.29, 0.717) is 19.7 Å². The maximum Gasteiger partial charge on any atom is 0.322 e. The van der Waals surface area contributed by atoms with E-state index in [-0.39, 0.29) is 24.5 Å². The summed E-state index contributed by atoms with van der Waals surface area (Å²) in [5.41, 5.74) is 2.74. The Hall–Kier alpha value is -2.80. The van der Waals surface area contributed by atoms with Crippen LogP contribution in [0.2, 0.25) is 0 Å². The third kappa shape index (κ3) is 6.35. The maximum atomic E-state index is 13.1. The van der Waals surface area contributed by atoms with Crippen molar-refractivity contribution in [2.24, 2.45) is 7.05 Å². The molecule has 0 bridgehead atoms. The highest BCUT2D eigenvalue weighted by atomic mass is 16.5. The van der Waals surface area contributed by atoms with Gasteiger partial charge in [0, 0.05) is 44.3 Å². The molecular formula is C22H32N4O3. The minimum Gasteiger partial charge on any atom is -0.383 e. The Balaban J connectivity index is 2.11. The van der Waals surface area contributed by atoms with Crippen molar-refractivity contribution in [3.63, 3.8) is 0 Å². The summed E-state index contributed by atoms with van der Waals surface area (Å²) < 4.78 is 7.15. The number of methoxy groups -OCH3 is 1. The fourth-order valence-corrected chi connectivity index (χ4v) is 2.98. The molecule has 3 amide bonds. The van der Waals surface area contributed by atoms with E-state index in [9.17, 15) is 9.59 Å². The number of nitrogens with one attached hydrogen (secondary N) is 1. The van der Waals surface area contributed by atoms with Gasteiger partial charge in [0.1, 0.15) is 6.54 Å². The van der Waals surface area contributed by atoms with Crippen molar-refractivity contribution in [3.05, 3.63) is 53.9 Å². The van der Waals surface area contributed by atoms with E-state index in [0.717, 1.165) is 16.9 Å². The molecular weight excluding hydrogens is 368 g/mol. The van der Waals surface area contributed by atoms with E-state index >= 15 is 0 Å². The van der Waals surface area contributed by atoms with Crippen molar-refractivity contribution >= 4 is 17.6 Å². The number of rotatable bonds is 9.